The molecule has 1 nitrogen and oxygen atoms in total. The van der Waals surface area contributed by atoms with E-state index in [0.717, 1.165) is 32.0 Å². The lowest BCUT2D eigenvalue weighted by molar-refractivity contribution is -0.111. The third kappa shape index (κ3) is 3.91. The summed E-state index contributed by atoms with van der Waals surface area (Å²) in [6, 6.07) is 0. The normalized spacial score (nSPS) is 22.8. The lowest BCUT2D eigenvalue weighted by atomic mass is 9.89. The molecule has 0 radical (unpaired) electrons. The van der Waals surface area contributed by atoms with Gasteiger partial charge in [0, 0.05) is 5.92 Å². The first-order valence-electron chi connectivity index (χ1n) is 5.52. The van der Waals surface area contributed by atoms with Crippen molar-refractivity contribution < 1.29 is 4.79 Å². The summed E-state index contributed by atoms with van der Waals surface area (Å²) in [4.78, 5) is 10.5. The van der Waals surface area contributed by atoms with Gasteiger partial charge >= 0.3 is 0 Å². The molecule has 0 unspecified atom stereocenters. The number of carbonyl (C=O) groups is 1. The molecule has 1 atom stereocenters. The van der Waals surface area contributed by atoms with E-state index in [4.69, 9.17) is 0 Å². The first-order chi connectivity index (χ1) is 6.72. The minimum Gasteiger partial charge on any atom is -0.303 e. The smallest absolute Gasteiger partial charge is 0.123 e. The molecule has 0 N–H and O–H groups in total. The number of hydrogen-bond donors (Lipinski definition) is 0. The first-order valence-corrected chi connectivity index (χ1v) is 5.52. The maximum atomic E-state index is 10.5. The van der Waals surface area contributed by atoms with Gasteiger partial charge in [-0.25, -0.2) is 0 Å². The van der Waals surface area contributed by atoms with Gasteiger partial charge in [0.2, 0.25) is 0 Å². The molecule has 0 saturated heterocycles. The summed E-state index contributed by atoms with van der Waals surface area (Å²) in [5.74, 6) is 0.926. The van der Waals surface area contributed by atoms with Crippen molar-refractivity contribution in [2.75, 3.05) is 0 Å². The lowest BCUT2D eigenvalue weighted by Crippen LogP contribution is -2.06. The third-order valence-corrected chi connectivity index (χ3v) is 2.64. The Kier molecular flexibility index (Phi) is 4.64. The molecule has 1 aliphatic carbocycles. The van der Waals surface area contributed by atoms with E-state index in [0.29, 0.717) is 5.92 Å². The van der Waals surface area contributed by atoms with E-state index in [1.807, 2.05) is 0 Å². The van der Waals surface area contributed by atoms with Crippen LogP contribution in [0.3, 0.4) is 0 Å². The van der Waals surface area contributed by atoms with Crippen LogP contribution in [0.25, 0.3) is 0 Å². The van der Waals surface area contributed by atoms with Crippen molar-refractivity contribution in [3.05, 3.63) is 23.8 Å². The van der Waals surface area contributed by atoms with E-state index in [1.54, 1.807) is 0 Å². The molecule has 0 aromatic rings. The summed E-state index contributed by atoms with van der Waals surface area (Å²) in [5, 5.41) is 0. The standard InChI is InChI=1S/C13H20O/c1-11(2)4-3-5-12-6-8-13(10-14)9-7-12/h3-4,6,10-11,13H,5,7-9H2,1-2H3/b4-3+/t13-/m0/s1. The van der Waals surface area contributed by atoms with E-state index in [2.05, 4.69) is 32.1 Å². The van der Waals surface area contributed by atoms with Crippen LogP contribution in [0.4, 0.5) is 0 Å². The zero-order valence-corrected chi connectivity index (χ0v) is 9.20. The minimum absolute atomic E-state index is 0.285. The monoisotopic (exact) mass is 192 g/mol. The molecule has 0 fully saturated rings. The van der Waals surface area contributed by atoms with Gasteiger partial charge in [0.15, 0.2) is 0 Å². The van der Waals surface area contributed by atoms with E-state index in [1.165, 1.54) is 5.57 Å². The number of carbonyl (C=O) groups excluding carboxylic acids is 1. The molecule has 78 valence electrons. The molecule has 0 saturated carbocycles. The van der Waals surface area contributed by atoms with E-state index in [9.17, 15) is 4.79 Å². The van der Waals surface area contributed by atoms with E-state index >= 15 is 0 Å². The Bertz CT molecular complexity index is 236. The van der Waals surface area contributed by atoms with Gasteiger partial charge < -0.3 is 4.79 Å². The summed E-state index contributed by atoms with van der Waals surface area (Å²) in [5.41, 5.74) is 1.50. The number of rotatable bonds is 4. The fourth-order valence-electron chi connectivity index (χ4n) is 1.71. The average Bonchev–Trinajstić information content (AvgIpc) is 2.18. The van der Waals surface area contributed by atoms with Crippen LogP contribution < -0.4 is 0 Å². The number of aldehydes is 1. The third-order valence-electron chi connectivity index (χ3n) is 2.64. The van der Waals surface area contributed by atoms with Crippen LogP contribution in [0, 0.1) is 11.8 Å². The highest BCUT2D eigenvalue weighted by atomic mass is 16.1. The highest BCUT2D eigenvalue weighted by molar-refractivity contribution is 5.54. The Morgan fingerprint density at radius 1 is 1.57 bits per heavy atom. The zero-order chi connectivity index (χ0) is 10.4. The van der Waals surface area contributed by atoms with Crippen LogP contribution in [-0.2, 0) is 4.79 Å². The Balaban J connectivity index is 2.33. The van der Waals surface area contributed by atoms with Gasteiger partial charge in [0.1, 0.15) is 6.29 Å². The highest BCUT2D eigenvalue weighted by Crippen LogP contribution is 2.24. The van der Waals surface area contributed by atoms with Crippen LogP contribution in [0.5, 0.6) is 0 Å². The maximum absolute atomic E-state index is 10.5. The summed E-state index contributed by atoms with van der Waals surface area (Å²) >= 11 is 0. The predicted molar refractivity (Wildman–Crippen MR) is 60.1 cm³/mol. The van der Waals surface area contributed by atoms with Gasteiger partial charge in [-0.1, -0.05) is 37.6 Å². The maximum Gasteiger partial charge on any atom is 0.123 e. The van der Waals surface area contributed by atoms with Crippen molar-refractivity contribution in [3.63, 3.8) is 0 Å². The fourth-order valence-corrected chi connectivity index (χ4v) is 1.71. The molecule has 0 amide bonds. The first kappa shape index (κ1) is 11.2. The van der Waals surface area contributed by atoms with Crippen LogP contribution >= 0.6 is 0 Å². The minimum atomic E-state index is 0.285. The molecule has 0 heterocycles. The van der Waals surface area contributed by atoms with E-state index in [-0.39, 0.29) is 5.92 Å². The molecule has 1 aliphatic rings. The Hall–Kier alpha value is -0.850. The Labute approximate surface area is 86.9 Å². The summed E-state index contributed by atoms with van der Waals surface area (Å²) in [7, 11) is 0. The highest BCUT2D eigenvalue weighted by Gasteiger charge is 2.11. The van der Waals surface area contributed by atoms with Crippen LogP contribution in [0.1, 0.15) is 39.5 Å². The SMILES string of the molecule is CC(C)/C=C/CC1=CC[C@H](C=O)CC1. The molecule has 0 bridgehead atoms. The van der Waals surface area contributed by atoms with Gasteiger partial charge in [-0.2, -0.15) is 0 Å². The molecular weight excluding hydrogens is 172 g/mol. The molecule has 0 spiro atoms. The van der Waals surface area contributed by atoms with Crippen LogP contribution in [0.15, 0.2) is 23.8 Å². The zero-order valence-electron chi connectivity index (χ0n) is 9.20. The van der Waals surface area contributed by atoms with E-state index < -0.39 is 0 Å². The quantitative estimate of drug-likeness (QED) is 0.492. The molecular formula is C13H20O. The predicted octanol–water partition coefficient (Wildman–Crippen LogP) is 3.51. The van der Waals surface area contributed by atoms with Crippen molar-refractivity contribution in [2.45, 2.75) is 39.5 Å². The average molecular weight is 192 g/mol. The van der Waals surface area contributed by atoms with Crippen LogP contribution in [-0.4, -0.2) is 6.29 Å². The molecule has 0 aromatic heterocycles. The van der Waals surface area contributed by atoms with Crippen molar-refractivity contribution in [1.82, 2.24) is 0 Å². The summed E-state index contributed by atoms with van der Waals surface area (Å²) in [6.45, 7) is 4.38. The molecule has 1 rings (SSSR count). The van der Waals surface area contributed by atoms with Gasteiger partial charge in [0.25, 0.3) is 0 Å². The van der Waals surface area contributed by atoms with Gasteiger partial charge in [-0.15, -0.1) is 0 Å². The fraction of sp³-hybridized carbons (Fsp3) is 0.615. The molecule has 14 heavy (non-hydrogen) atoms. The topological polar surface area (TPSA) is 17.1 Å². The van der Waals surface area contributed by atoms with Crippen molar-refractivity contribution in [3.8, 4) is 0 Å². The number of hydrogen-bond acceptors (Lipinski definition) is 1. The molecule has 0 aliphatic heterocycles. The van der Waals surface area contributed by atoms with Gasteiger partial charge in [-0.05, 0) is 31.6 Å². The Morgan fingerprint density at radius 2 is 2.36 bits per heavy atom. The van der Waals surface area contributed by atoms with Gasteiger partial charge in [0.05, 0.1) is 0 Å². The van der Waals surface area contributed by atoms with Crippen molar-refractivity contribution in [1.29, 1.82) is 0 Å². The second-order valence-corrected chi connectivity index (χ2v) is 4.41. The summed E-state index contributed by atoms with van der Waals surface area (Å²) < 4.78 is 0. The lowest BCUT2D eigenvalue weighted by Gasteiger charge is -2.16. The molecule has 0 aromatic carbocycles. The Morgan fingerprint density at radius 3 is 2.86 bits per heavy atom. The van der Waals surface area contributed by atoms with Crippen molar-refractivity contribution in [2.24, 2.45) is 11.8 Å². The second-order valence-electron chi connectivity index (χ2n) is 4.41. The van der Waals surface area contributed by atoms with Gasteiger partial charge in [-0.3, -0.25) is 0 Å². The largest absolute Gasteiger partial charge is 0.303 e. The van der Waals surface area contributed by atoms with Crippen molar-refractivity contribution >= 4 is 6.29 Å². The molecule has 1 heteroatoms. The number of allylic oxidation sites excluding steroid dienone is 4. The van der Waals surface area contributed by atoms with Crippen LogP contribution in [0.2, 0.25) is 0 Å². The second kappa shape index (κ2) is 5.79. The summed E-state index contributed by atoms with van der Waals surface area (Å²) in [6.07, 6.45) is 12.0.